The van der Waals surface area contributed by atoms with Gasteiger partial charge in [0.2, 0.25) is 0 Å². The van der Waals surface area contributed by atoms with Crippen LogP contribution in [0.15, 0.2) is 18.6 Å². The number of fused-ring (bicyclic) bond motifs is 1. The summed E-state index contributed by atoms with van der Waals surface area (Å²) in [7, 11) is 0. The first kappa shape index (κ1) is 6.68. The van der Waals surface area contributed by atoms with Gasteiger partial charge in [-0.1, -0.05) is 0 Å². The van der Waals surface area contributed by atoms with Crippen molar-refractivity contribution in [2.75, 3.05) is 0 Å². The van der Waals surface area contributed by atoms with Crippen molar-refractivity contribution in [2.24, 2.45) is 0 Å². The quantitative estimate of drug-likeness (QED) is 0.561. The lowest BCUT2D eigenvalue weighted by Crippen LogP contribution is -1.87. The third kappa shape index (κ3) is 0.883. The zero-order valence-electron chi connectivity index (χ0n) is 6.02. The van der Waals surface area contributed by atoms with Crippen molar-refractivity contribution in [2.45, 2.75) is 0 Å². The second-order valence-corrected chi connectivity index (χ2v) is 2.17. The molecule has 0 aliphatic rings. The second kappa shape index (κ2) is 2.55. The van der Waals surface area contributed by atoms with Gasteiger partial charge in [0, 0.05) is 6.20 Å². The fraction of sp³-hybridized carbons (Fsp3) is 0. The molecule has 0 amide bonds. The molecule has 0 fully saturated rings. The highest BCUT2D eigenvalue weighted by Crippen LogP contribution is 2.09. The number of hydrogen-bond donors (Lipinski definition) is 0. The standard InChI is InChI=1S/C8H3N4/c9-3-6-4-10-5-7-8(6)12-2-1-11-7/h1,4-5H. The number of rotatable bonds is 0. The summed E-state index contributed by atoms with van der Waals surface area (Å²) in [5.74, 6) is 0. The third-order valence-corrected chi connectivity index (χ3v) is 1.46. The lowest BCUT2D eigenvalue weighted by atomic mass is 10.2. The summed E-state index contributed by atoms with van der Waals surface area (Å²) < 4.78 is 0. The molecule has 4 nitrogen and oxygen atoms in total. The lowest BCUT2D eigenvalue weighted by molar-refractivity contribution is 1.23. The Morgan fingerprint density at radius 1 is 1.42 bits per heavy atom. The van der Waals surface area contributed by atoms with Crippen LogP contribution in [0.2, 0.25) is 0 Å². The van der Waals surface area contributed by atoms with Gasteiger partial charge in [0.15, 0.2) is 0 Å². The third-order valence-electron chi connectivity index (χ3n) is 1.46. The average Bonchev–Trinajstić information content (AvgIpc) is 2.17. The van der Waals surface area contributed by atoms with Crippen molar-refractivity contribution in [3.05, 3.63) is 30.4 Å². The summed E-state index contributed by atoms with van der Waals surface area (Å²) in [6.07, 6.45) is 7.05. The maximum atomic E-state index is 8.66. The number of pyridine rings is 1. The Balaban J connectivity index is 2.91. The summed E-state index contributed by atoms with van der Waals surface area (Å²) in [6.45, 7) is 0. The van der Waals surface area contributed by atoms with Gasteiger partial charge in [0.25, 0.3) is 0 Å². The number of hydrogen-bond acceptors (Lipinski definition) is 4. The van der Waals surface area contributed by atoms with Gasteiger partial charge in [0.1, 0.15) is 23.3 Å². The van der Waals surface area contributed by atoms with Gasteiger partial charge >= 0.3 is 0 Å². The van der Waals surface area contributed by atoms with E-state index in [4.69, 9.17) is 5.26 Å². The Kier molecular flexibility index (Phi) is 1.42. The van der Waals surface area contributed by atoms with Crippen molar-refractivity contribution in [3.8, 4) is 6.07 Å². The molecule has 0 bridgehead atoms. The van der Waals surface area contributed by atoms with E-state index in [0.29, 0.717) is 16.6 Å². The van der Waals surface area contributed by atoms with E-state index in [1.807, 2.05) is 6.07 Å². The predicted molar refractivity (Wildman–Crippen MR) is 40.9 cm³/mol. The van der Waals surface area contributed by atoms with Crippen LogP contribution >= 0.6 is 0 Å². The molecule has 0 saturated heterocycles. The topological polar surface area (TPSA) is 62.5 Å². The Bertz CT molecular complexity index is 453. The molecule has 0 saturated carbocycles. The zero-order chi connectivity index (χ0) is 8.39. The van der Waals surface area contributed by atoms with Crippen molar-refractivity contribution < 1.29 is 0 Å². The molecule has 2 heterocycles. The van der Waals surface area contributed by atoms with Crippen LogP contribution in [0.3, 0.4) is 0 Å². The van der Waals surface area contributed by atoms with Crippen molar-refractivity contribution in [3.63, 3.8) is 0 Å². The Morgan fingerprint density at radius 2 is 2.33 bits per heavy atom. The SMILES string of the molecule is N#Cc1cncc2nc[c]nc12. The van der Waals surface area contributed by atoms with E-state index in [0.717, 1.165) is 0 Å². The zero-order valence-corrected chi connectivity index (χ0v) is 6.02. The van der Waals surface area contributed by atoms with Crippen LogP contribution in [0, 0.1) is 17.5 Å². The molecule has 4 heteroatoms. The molecule has 12 heavy (non-hydrogen) atoms. The number of nitriles is 1. The highest BCUT2D eigenvalue weighted by molar-refractivity contribution is 5.78. The minimum Gasteiger partial charge on any atom is -0.261 e. The Labute approximate surface area is 68.5 Å². The summed E-state index contributed by atoms with van der Waals surface area (Å²) in [5.41, 5.74) is 1.60. The van der Waals surface area contributed by atoms with Crippen molar-refractivity contribution in [1.82, 2.24) is 15.0 Å². The molecule has 1 radical (unpaired) electrons. The van der Waals surface area contributed by atoms with Crippen molar-refractivity contribution in [1.29, 1.82) is 5.26 Å². The fourth-order valence-electron chi connectivity index (χ4n) is 0.928. The summed E-state index contributed by atoms with van der Waals surface area (Å²) in [6, 6.07) is 1.98. The van der Waals surface area contributed by atoms with Crippen LogP contribution in [0.1, 0.15) is 5.56 Å². The molecular formula is C8H3N4. The lowest BCUT2D eigenvalue weighted by Gasteiger charge is -1.93. The van der Waals surface area contributed by atoms with Crippen LogP contribution in [0.25, 0.3) is 11.0 Å². The summed E-state index contributed by atoms with van der Waals surface area (Å²) in [4.78, 5) is 11.7. The summed E-state index contributed by atoms with van der Waals surface area (Å²) in [5, 5.41) is 8.66. The van der Waals surface area contributed by atoms with Gasteiger partial charge in [-0.25, -0.2) is 4.98 Å². The molecule has 2 aromatic heterocycles. The molecule has 0 aromatic carbocycles. The highest BCUT2D eigenvalue weighted by atomic mass is 14.8. The van der Waals surface area contributed by atoms with Crippen LogP contribution in [-0.2, 0) is 0 Å². The van der Waals surface area contributed by atoms with E-state index in [9.17, 15) is 0 Å². The van der Waals surface area contributed by atoms with E-state index >= 15 is 0 Å². The minimum atomic E-state index is 0.428. The highest BCUT2D eigenvalue weighted by Gasteiger charge is 2.00. The van der Waals surface area contributed by atoms with Crippen molar-refractivity contribution >= 4 is 11.0 Å². The Hall–Kier alpha value is -2.02. The predicted octanol–water partition coefficient (Wildman–Crippen LogP) is 0.697. The molecule has 0 spiro atoms. The molecule has 0 N–H and O–H groups in total. The molecule has 0 aliphatic carbocycles. The largest absolute Gasteiger partial charge is 0.261 e. The van der Waals surface area contributed by atoms with Gasteiger partial charge < -0.3 is 0 Å². The molecule has 0 unspecified atom stereocenters. The molecule has 55 valence electrons. The fourth-order valence-corrected chi connectivity index (χ4v) is 0.928. The van der Waals surface area contributed by atoms with Gasteiger partial charge in [-0.15, -0.1) is 0 Å². The van der Waals surface area contributed by atoms with Gasteiger partial charge in [0.05, 0.1) is 18.0 Å². The normalized spacial score (nSPS) is 9.58. The maximum Gasteiger partial charge on any atom is 0.110 e. The maximum absolute atomic E-state index is 8.66. The van der Waals surface area contributed by atoms with Crippen LogP contribution in [0.4, 0.5) is 0 Å². The number of aromatic nitrogens is 3. The smallest absolute Gasteiger partial charge is 0.110 e. The van der Waals surface area contributed by atoms with Gasteiger partial charge in [-0.3, -0.25) is 9.97 Å². The van der Waals surface area contributed by atoms with Gasteiger partial charge in [-0.2, -0.15) is 5.26 Å². The first-order chi connectivity index (χ1) is 5.92. The second-order valence-electron chi connectivity index (χ2n) is 2.17. The van der Waals surface area contributed by atoms with Crippen LogP contribution < -0.4 is 0 Å². The first-order valence-corrected chi connectivity index (χ1v) is 3.29. The van der Waals surface area contributed by atoms with Gasteiger partial charge in [-0.05, 0) is 0 Å². The van der Waals surface area contributed by atoms with E-state index < -0.39 is 0 Å². The number of nitrogens with zero attached hydrogens (tertiary/aromatic N) is 4. The molecule has 0 aliphatic heterocycles. The van der Waals surface area contributed by atoms with E-state index in [-0.39, 0.29) is 0 Å². The monoisotopic (exact) mass is 155 g/mol. The van der Waals surface area contributed by atoms with Crippen LogP contribution in [-0.4, -0.2) is 15.0 Å². The van der Waals surface area contributed by atoms with E-state index in [1.54, 1.807) is 6.20 Å². The molecule has 2 rings (SSSR count). The molecular weight excluding hydrogens is 152 g/mol. The summed E-state index contributed by atoms with van der Waals surface area (Å²) >= 11 is 0. The minimum absolute atomic E-state index is 0.428. The first-order valence-electron chi connectivity index (χ1n) is 3.29. The Morgan fingerprint density at radius 3 is 3.17 bits per heavy atom. The molecule has 2 aromatic rings. The van der Waals surface area contributed by atoms with E-state index in [1.165, 1.54) is 12.4 Å². The van der Waals surface area contributed by atoms with E-state index in [2.05, 4.69) is 21.1 Å². The van der Waals surface area contributed by atoms with Crippen LogP contribution in [0.5, 0.6) is 0 Å². The molecule has 0 atom stereocenters. The average molecular weight is 155 g/mol.